The van der Waals surface area contributed by atoms with Gasteiger partial charge in [-0.05, 0) is 38.1 Å². The normalized spacial score (nSPS) is 12.4. The van der Waals surface area contributed by atoms with Gasteiger partial charge in [0.05, 0.1) is 18.6 Å². The summed E-state index contributed by atoms with van der Waals surface area (Å²) < 4.78 is 40.8. The molecule has 0 aliphatic carbocycles. The van der Waals surface area contributed by atoms with Crippen molar-refractivity contribution in [3.05, 3.63) is 53.7 Å². The van der Waals surface area contributed by atoms with Gasteiger partial charge in [-0.25, -0.2) is 14.5 Å². The van der Waals surface area contributed by atoms with E-state index in [0.29, 0.717) is 30.4 Å². The summed E-state index contributed by atoms with van der Waals surface area (Å²) in [4.78, 5) is 25.5. The Bertz CT molecular complexity index is 1080. The van der Waals surface area contributed by atoms with Crippen molar-refractivity contribution in [2.24, 2.45) is 0 Å². The highest BCUT2D eigenvalue weighted by molar-refractivity contribution is 6.03. The van der Waals surface area contributed by atoms with Gasteiger partial charge in [-0.1, -0.05) is 0 Å². The Balaban J connectivity index is 0.000000339. The molecule has 2 aromatic heterocycles. The lowest BCUT2D eigenvalue weighted by Crippen LogP contribution is -2.21. The molecule has 12 heteroatoms. The van der Waals surface area contributed by atoms with Crippen LogP contribution < -0.4 is 10.1 Å². The quantitative estimate of drug-likeness (QED) is 0.652. The Hall–Kier alpha value is -3.83. The first-order valence-electron chi connectivity index (χ1n) is 8.99. The monoisotopic (exact) mass is 437 g/mol. The maximum absolute atomic E-state index is 12.3. The first-order chi connectivity index (χ1) is 14.6. The summed E-state index contributed by atoms with van der Waals surface area (Å²) in [5.74, 6) is -2.36. The molecule has 1 amide bonds. The van der Waals surface area contributed by atoms with Crippen LogP contribution in [0.15, 0.2) is 36.7 Å². The van der Waals surface area contributed by atoms with Crippen LogP contribution >= 0.6 is 0 Å². The molecule has 4 rings (SSSR count). The highest BCUT2D eigenvalue weighted by Gasteiger charge is 2.38. The summed E-state index contributed by atoms with van der Waals surface area (Å²) in [6, 6.07) is 9.28. The number of carbonyl (C=O) groups is 2. The lowest BCUT2D eigenvalue weighted by Gasteiger charge is -2.08. The molecule has 1 aromatic carbocycles. The number of rotatable bonds is 3. The smallest absolute Gasteiger partial charge is 0.476 e. The van der Waals surface area contributed by atoms with Gasteiger partial charge in [-0.2, -0.15) is 18.3 Å². The van der Waals surface area contributed by atoms with Gasteiger partial charge in [0.15, 0.2) is 5.69 Å². The SMILES string of the molecule is Cc1ncn(-c2ccc(NC(=O)c3cc4n(n3)CCO4)cc2)c1C.O=C(O)C(F)(F)F. The highest BCUT2D eigenvalue weighted by Crippen LogP contribution is 2.20. The molecule has 2 N–H and O–H groups in total. The number of carbonyl (C=O) groups excluding carboxylic acids is 1. The fourth-order valence-electron chi connectivity index (χ4n) is 2.68. The van der Waals surface area contributed by atoms with Gasteiger partial charge < -0.3 is 19.7 Å². The number of hydrogen-bond donors (Lipinski definition) is 2. The molecule has 0 spiro atoms. The average Bonchev–Trinajstić information content (AvgIpc) is 3.38. The maximum atomic E-state index is 12.3. The molecule has 0 radical (unpaired) electrons. The summed E-state index contributed by atoms with van der Waals surface area (Å²) in [7, 11) is 0. The first-order valence-corrected chi connectivity index (χ1v) is 8.99. The summed E-state index contributed by atoms with van der Waals surface area (Å²) >= 11 is 0. The lowest BCUT2D eigenvalue weighted by atomic mass is 10.2. The number of anilines is 1. The fraction of sp³-hybridized carbons (Fsp3) is 0.263. The minimum atomic E-state index is -5.08. The van der Waals surface area contributed by atoms with Crippen LogP contribution in [-0.4, -0.2) is 49.1 Å². The molecule has 0 atom stereocenters. The number of imidazole rings is 1. The second-order valence-corrected chi connectivity index (χ2v) is 6.53. The topological polar surface area (TPSA) is 111 Å². The zero-order valence-corrected chi connectivity index (χ0v) is 16.5. The van der Waals surface area contributed by atoms with Crippen LogP contribution in [0.1, 0.15) is 21.9 Å². The van der Waals surface area contributed by atoms with Crippen molar-refractivity contribution >= 4 is 17.6 Å². The number of aryl methyl sites for hydroxylation is 1. The Morgan fingerprint density at radius 2 is 1.84 bits per heavy atom. The fourth-order valence-corrected chi connectivity index (χ4v) is 2.68. The number of amides is 1. The van der Waals surface area contributed by atoms with Crippen LogP contribution in [0.2, 0.25) is 0 Å². The predicted molar refractivity (Wildman–Crippen MR) is 102 cm³/mol. The lowest BCUT2D eigenvalue weighted by molar-refractivity contribution is -0.192. The van der Waals surface area contributed by atoms with E-state index < -0.39 is 12.1 Å². The third-order valence-electron chi connectivity index (χ3n) is 4.43. The molecule has 3 heterocycles. The number of hydrogen-bond acceptors (Lipinski definition) is 5. The van der Waals surface area contributed by atoms with E-state index in [1.165, 1.54) is 0 Å². The molecule has 0 bridgehead atoms. The van der Waals surface area contributed by atoms with Gasteiger partial charge in [0.1, 0.15) is 6.61 Å². The van der Waals surface area contributed by atoms with Gasteiger partial charge in [0.2, 0.25) is 5.88 Å². The van der Waals surface area contributed by atoms with Crippen molar-refractivity contribution in [1.82, 2.24) is 19.3 Å². The van der Waals surface area contributed by atoms with Crippen molar-refractivity contribution in [3.8, 4) is 11.6 Å². The zero-order valence-electron chi connectivity index (χ0n) is 16.5. The molecule has 1 aliphatic heterocycles. The molecule has 0 fully saturated rings. The predicted octanol–water partition coefficient (Wildman–Crippen LogP) is 2.96. The Labute approximate surface area is 174 Å². The number of halogens is 3. The van der Waals surface area contributed by atoms with Crippen molar-refractivity contribution in [2.45, 2.75) is 26.6 Å². The maximum Gasteiger partial charge on any atom is 0.490 e. The summed E-state index contributed by atoms with van der Waals surface area (Å²) in [6.45, 7) is 5.30. The van der Waals surface area contributed by atoms with Gasteiger partial charge in [-0.15, -0.1) is 0 Å². The molecule has 0 saturated heterocycles. The second kappa shape index (κ2) is 8.50. The minimum Gasteiger partial charge on any atom is -0.476 e. The molecule has 3 aromatic rings. The third-order valence-corrected chi connectivity index (χ3v) is 4.43. The van der Waals surface area contributed by atoms with Gasteiger partial charge >= 0.3 is 12.1 Å². The van der Waals surface area contributed by atoms with E-state index in [-0.39, 0.29) is 5.91 Å². The molecule has 164 valence electrons. The summed E-state index contributed by atoms with van der Waals surface area (Å²) in [5, 5.41) is 14.2. The van der Waals surface area contributed by atoms with Crippen molar-refractivity contribution in [2.75, 3.05) is 11.9 Å². The standard InChI is InChI=1S/C17H17N5O2.C2HF3O2/c1-11-12(2)21(10-18-11)14-5-3-13(4-6-14)19-17(23)15-9-16-22(20-15)7-8-24-16;3-2(4,5)1(6)7/h3-6,9-10H,7-8H2,1-2H3,(H,19,23);(H,6,7). The van der Waals surface area contributed by atoms with Crippen molar-refractivity contribution in [3.63, 3.8) is 0 Å². The van der Waals surface area contributed by atoms with Crippen LogP contribution in [0.25, 0.3) is 5.69 Å². The van der Waals surface area contributed by atoms with E-state index in [9.17, 15) is 18.0 Å². The van der Waals surface area contributed by atoms with Crippen LogP contribution in [0.4, 0.5) is 18.9 Å². The van der Waals surface area contributed by atoms with Crippen LogP contribution in [0, 0.1) is 13.8 Å². The molecule has 9 nitrogen and oxygen atoms in total. The van der Waals surface area contributed by atoms with E-state index in [2.05, 4.69) is 15.4 Å². The van der Waals surface area contributed by atoms with E-state index in [4.69, 9.17) is 14.6 Å². The second-order valence-electron chi connectivity index (χ2n) is 6.53. The molecule has 0 unspecified atom stereocenters. The van der Waals surface area contributed by atoms with E-state index >= 15 is 0 Å². The Morgan fingerprint density at radius 1 is 1.19 bits per heavy atom. The van der Waals surface area contributed by atoms with Gasteiger partial charge in [0, 0.05) is 23.1 Å². The molecule has 31 heavy (non-hydrogen) atoms. The van der Waals surface area contributed by atoms with E-state index in [0.717, 1.165) is 17.1 Å². The van der Waals surface area contributed by atoms with Crippen LogP contribution in [-0.2, 0) is 11.3 Å². The van der Waals surface area contributed by atoms with Crippen molar-refractivity contribution < 1.29 is 32.6 Å². The van der Waals surface area contributed by atoms with E-state index in [1.54, 1.807) is 17.1 Å². The third kappa shape index (κ3) is 5.02. The minimum absolute atomic E-state index is 0.247. The molecule has 0 saturated carbocycles. The first kappa shape index (κ1) is 21.9. The molecule has 1 aliphatic rings. The molecular formula is C19H18F3N5O4. The number of aromatic nitrogens is 4. The van der Waals surface area contributed by atoms with Gasteiger partial charge in [-0.3, -0.25) is 4.79 Å². The number of aliphatic carboxylic acids is 1. The van der Waals surface area contributed by atoms with Crippen molar-refractivity contribution in [1.29, 1.82) is 0 Å². The van der Waals surface area contributed by atoms with Crippen LogP contribution in [0.3, 0.4) is 0 Å². The summed E-state index contributed by atoms with van der Waals surface area (Å²) in [6.07, 6.45) is -3.29. The number of benzene rings is 1. The number of fused-ring (bicyclic) bond motifs is 1. The molecular weight excluding hydrogens is 419 g/mol. The highest BCUT2D eigenvalue weighted by atomic mass is 19.4. The number of carboxylic acids is 1. The largest absolute Gasteiger partial charge is 0.490 e. The number of carboxylic acid groups (broad SMARTS) is 1. The number of ether oxygens (including phenoxy) is 1. The van der Waals surface area contributed by atoms with E-state index in [1.807, 2.05) is 42.7 Å². The number of alkyl halides is 3. The number of nitrogens with one attached hydrogen (secondary N) is 1. The Kier molecular flexibility index (Phi) is 5.99. The van der Waals surface area contributed by atoms with Crippen LogP contribution in [0.5, 0.6) is 5.88 Å². The van der Waals surface area contributed by atoms with Gasteiger partial charge in [0.25, 0.3) is 5.91 Å². The summed E-state index contributed by atoms with van der Waals surface area (Å²) in [5.41, 5.74) is 4.17. The Morgan fingerprint density at radius 3 is 2.35 bits per heavy atom. The number of nitrogens with zero attached hydrogens (tertiary/aromatic N) is 4. The average molecular weight is 437 g/mol. The zero-order chi connectivity index (χ0) is 22.8.